The van der Waals surface area contributed by atoms with Crippen LogP contribution in [0, 0.1) is 6.92 Å². The summed E-state index contributed by atoms with van der Waals surface area (Å²) >= 11 is 1.51. The number of methoxy groups -OCH3 is 1. The molecule has 1 heterocycles. The predicted molar refractivity (Wildman–Crippen MR) is 142 cm³/mol. The molecule has 0 N–H and O–H groups in total. The van der Waals surface area contributed by atoms with E-state index >= 15 is 0 Å². The topological polar surface area (TPSA) is 64.1 Å². The molecule has 0 bridgehead atoms. The van der Waals surface area contributed by atoms with Crippen molar-refractivity contribution in [3.8, 4) is 17.2 Å². The second-order valence-corrected chi connectivity index (χ2v) is 8.88. The molecule has 34 heavy (non-hydrogen) atoms. The Morgan fingerprint density at radius 1 is 1.00 bits per heavy atom. The lowest BCUT2D eigenvalue weighted by Gasteiger charge is -2.22. The number of fused-ring (bicyclic) bond motifs is 1. The SMILES string of the molecule is CCOc1ccc(C(=O)N(CCCN(C)C)c2nc3c(OC)ccc(C)c3s2)cc1OCC.Cl. The summed E-state index contributed by atoms with van der Waals surface area (Å²) in [6.07, 6.45) is 0.820. The van der Waals surface area contributed by atoms with Crippen LogP contribution in [0.4, 0.5) is 5.13 Å². The van der Waals surface area contributed by atoms with Crippen LogP contribution in [0.1, 0.15) is 36.2 Å². The Kier molecular flexibility index (Phi) is 10.4. The van der Waals surface area contributed by atoms with Crippen LogP contribution in [0.15, 0.2) is 30.3 Å². The fourth-order valence-corrected chi connectivity index (χ4v) is 4.62. The maximum absolute atomic E-state index is 13.7. The van der Waals surface area contributed by atoms with Crippen molar-refractivity contribution in [1.29, 1.82) is 0 Å². The number of hydrogen-bond acceptors (Lipinski definition) is 7. The van der Waals surface area contributed by atoms with E-state index in [0.29, 0.717) is 47.7 Å². The highest BCUT2D eigenvalue weighted by atomic mass is 35.5. The molecule has 1 aromatic heterocycles. The molecule has 186 valence electrons. The number of amides is 1. The van der Waals surface area contributed by atoms with Gasteiger partial charge in [-0.3, -0.25) is 9.69 Å². The highest BCUT2D eigenvalue weighted by Crippen LogP contribution is 2.37. The van der Waals surface area contributed by atoms with Crippen LogP contribution in [0.3, 0.4) is 0 Å². The number of rotatable bonds is 11. The fraction of sp³-hybridized carbons (Fsp3) is 0.440. The first-order valence-corrected chi connectivity index (χ1v) is 12.0. The molecule has 0 aliphatic heterocycles. The molecular weight excluding hydrogens is 474 g/mol. The standard InChI is InChI=1S/C25H33N3O4S.ClH/c1-7-31-19-13-11-18(16-21(19)32-8-2)24(29)28(15-9-14-27(4)5)25-26-22-20(30-6)12-10-17(3)23(22)33-25;/h10-13,16H,7-9,14-15H2,1-6H3;1H. The predicted octanol–water partition coefficient (Wildman–Crippen LogP) is 5.43. The molecule has 0 unspecified atom stereocenters. The van der Waals surface area contributed by atoms with Gasteiger partial charge in [-0.05, 0) is 77.7 Å². The number of halogens is 1. The number of thiazole rings is 1. The molecule has 0 atom stereocenters. The maximum Gasteiger partial charge on any atom is 0.260 e. The van der Waals surface area contributed by atoms with Crippen molar-refractivity contribution in [3.05, 3.63) is 41.5 Å². The van der Waals surface area contributed by atoms with Gasteiger partial charge in [0.25, 0.3) is 5.91 Å². The molecule has 0 saturated heterocycles. The first-order chi connectivity index (χ1) is 15.9. The summed E-state index contributed by atoms with van der Waals surface area (Å²) in [4.78, 5) is 22.4. The van der Waals surface area contributed by atoms with Crippen LogP contribution < -0.4 is 19.1 Å². The number of hydrogen-bond donors (Lipinski definition) is 0. The van der Waals surface area contributed by atoms with Crippen molar-refractivity contribution in [2.75, 3.05) is 52.4 Å². The summed E-state index contributed by atoms with van der Waals surface area (Å²) in [6, 6.07) is 9.27. The van der Waals surface area contributed by atoms with Gasteiger partial charge in [0, 0.05) is 12.1 Å². The third-order valence-corrected chi connectivity index (χ3v) is 6.38. The van der Waals surface area contributed by atoms with Crippen molar-refractivity contribution >= 4 is 45.0 Å². The Balaban J connectivity index is 0.00000408. The molecule has 0 saturated carbocycles. The summed E-state index contributed by atoms with van der Waals surface area (Å²) in [5.41, 5.74) is 2.43. The van der Waals surface area contributed by atoms with E-state index in [4.69, 9.17) is 19.2 Å². The van der Waals surface area contributed by atoms with Crippen LogP contribution in [-0.4, -0.2) is 63.3 Å². The molecule has 0 aliphatic carbocycles. The first kappa shape index (κ1) is 27.7. The van der Waals surface area contributed by atoms with Gasteiger partial charge < -0.3 is 19.1 Å². The number of aromatic nitrogens is 1. The number of anilines is 1. The Labute approximate surface area is 212 Å². The summed E-state index contributed by atoms with van der Waals surface area (Å²) in [7, 11) is 5.69. The average molecular weight is 508 g/mol. The molecule has 9 heteroatoms. The summed E-state index contributed by atoms with van der Waals surface area (Å²) in [5.74, 6) is 1.79. The van der Waals surface area contributed by atoms with Gasteiger partial charge in [0.05, 0.1) is 25.0 Å². The number of ether oxygens (including phenoxy) is 3. The van der Waals surface area contributed by atoms with Crippen molar-refractivity contribution in [1.82, 2.24) is 9.88 Å². The monoisotopic (exact) mass is 507 g/mol. The van der Waals surface area contributed by atoms with Gasteiger partial charge in [0.15, 0.2) is 16.6 Å². The lowest BCUT2D eigenvalue weighted by molar-refractivity contribution is 0.0985. The van der Waals surface area contributed by atoms with Gasteiger partial charge in [-0.1, -0.05) is 17.4 Å². The number of nitrogens with zero attached hydrogens (tertiary/aromatic N) is 3. The number of benzene rings is 2. The third kappa shape index (κ3) is 6.31. The minimum absolute atomic E-state index is 0. The van der Waals surface area contributed by atoms with Gasteiger partial charge in [0.2, 0.25) is 0 Å². The molecule has 0 fully saturated rings. The minimum atomic E-state index is -0.117. The molecule has 2 aromatic carbocycles. The van der Waals surface area contributed by atoms with Crippen molar-refractivity contribution in [3.63, 3.8) is 0 Å². The largest absolute Gasteiger partial charge is 0.494 e. The molecular formula is C25H34ClN3O4S. The van der Waals surface area contributed by atoms with E-state index < -0.39 is 0 Å². The quantitative estimate of drug-likeness (QED) is 0.345. The van der Waals surface area contributed by atoms with E-state index in [9.17, 15) is 4.79 Å². The van der Waals surface area contributed by atoms with E-state index in [1.165, 1.54) is 11.3 Å². The Morgan fingerprint density at radius 3 is 2.32 bits per heavy atom. The van der Waals surface area contributed by atoms with Gasteiger partial charge in [-0.25, -0.2) is 4.98 Å². The van der Waals surface area contributed by atoms with Gasteiger partial charge in [0.1, 0.15) is 11.3 Å². The zero-order chi connectivity index (χ0) is 24.0. The molecule has 3 rings (SSSR count). The zero-order valence-corrected chi connectivity index (χ0v) is 22.3. The molecule has 3 aromatic rings. The lowest BCUT2D eigenvalue weighted by atomic mass is 10.1. The fourth-order valence-electron chi connectivity index (χ4n) is 3.55. The Morgan fingerprint density at radius 2 is 1.68 bits per heavy atom. The molecule has 0 radical (unpaired) electrons. The van der Waals surface area contributed by atoms with Crippen molar-refractivity contribution in [2.45, 2.75) is 27.2 Å². The smallest absolute Gasteiger partial charge is 0.260 e. The molecule has 7 nitrogen and oxygen atoms in total. The van der Waals surface area contributed by atoms with E-state index in [-0.39, 0.29) is 18.3 Å². The molecule has 0 spiro atoms. The maximum atomic E-state index is 13.7. The molecule has 1 amide bonds. The normalized spacial score (nSPS) is 10.8. The van der Waals surface area contributed by atoms with Crippen molar-refractivity contribution < 1.29 is 19.0 Å². The van der Waals surface area contributed by atoms with Crippen LogP contribution in [0.5, 0.6) is 17.2 Å². The van der Waals surface area contributed by atoms with E-state index in [0.717, 1.165) is 28.7 Å². The number of aryl methyl sites for hydroxylation is 1. The highest BCUT2D eigenvalue weighted by Gasteiger charge is 2.24. The van der Waals surface area contributed by atoms with Crippen molar-refractivity contribution in [2.24, 2.45) is 0 Å². The lowest BCUT2D eigenvalue weighted by Crippen LogP contribution is -2.33. The second kappa shape index (κ2) is 12.8. The molecule has 0 aliphatic rings. The van der Waals surface area contributed by atoms with Gasteiger partial charge in [-0.2, -0.15) is 0 Å². The van der Waals surface area contributed by atoms with Crippen LogP contribution in [0.2, 0.25) is 0 Å². The summed E-state index contributed by atoms with van der Waals surface area (Å²) in [5, 5.41) is 0.660. The van der Waals surface area contributed by atoms with Crippen LogP contribution in [0.25, 0.3) is 10.2 Å². The highest BCUT2D eigenvalue weighted by molar-refractivity contribution is 7.22. The zero-order valence-electron chi connectivity index (χ0n) is 20.7. The number of carbonyl (C=O) groups is 1. The van der Waals surface area contributed by atoms with E-state index in [2.05, 4.69) is 4.90 Å². The first-order valence-electron chi connectivity index (χ1n) is 11.2. The van der Waals surface area contributed by atoms with E-state index in [1.54, 1.807) is 30.2 Å². The van der Waals surface area contributed by atoms with Crippen LogP contribution >= 0.6 is 23.7 Å². The average Bonchev–Trinajstić information content (AvgIpc) is 3.24. The Bertz CT molecular complexity index is 1100. The summed E-state index contributed by atoms with van der Waals surface area (Å²) < 4.78 is 17.9. The third-order valence-electron chi connectivity index (χ3n) is 5.17. The van der Waals surface area contributed by atoms with Gasteiger partial charge >= 0.3 is 0 Å². The summed E-state index contributed by atoms with van der Waals surface area (Å²) in [6.45, 7) is 8.31. The van der Waals surface area contributed by atoms with Crippen LogP contribution in [-0.2, 0) is 0 Å². The van der Waals surface area contributed by atoms with E-state index in [1.807, 2.05) is 47.0 Å². The minimum Gasteiger partial charge on any atom is -0.494 e. The number of carbonyl (C=O) groups excluding carboxylic acids is 1. The Hall–Kier alpha value is -2.55. The van der Waals surface area contributed by atoms with Gasteiger partial charge in [-0.15, -0.1) is 12.4 Å². The second-order valence-electron chi connectivity index (χ2n) is 7.90.